The minimum atomic E-state index is -1.68. The minimum Gasteiger partial charge on any atom is -0.497 e. The fourth-order valence-electron chi connectivity index (χ4n) is 3.69. The van der Waals surface area contributed by atoms with Crippen LogP contribution in [0.1, 0.15) is 22.3 Å². The number of ether oxygens (including phenoxy) is 1. The van der Waals surface area contributed by atoms with E-state index in [2.05, 4.69) is 0 Å². The third-order valence-electron chi connectivity index (χ3n) is 5.05. The molecule has 3 aromatic carbocycles. The predicted molar refractivity (Wildman–Crippen MR) is 105 cm³/mol. The van der Waals surface area contributed by atoms with Gasteiger partial charge in [0.2, 0.25) is 0 Å². The van der Waals surface area contributed by atoms with Gasteiger partial charge >= 0.3 is 0 Å². The molecule has 0 aliphatic carbocycles. The number of para-hydroxylation sites is 1. The van der Waals surface area contributed by atoms with Crippen LogP contribution in [0.25, 0.3) is 0 Å². The summed E-state index contributed by atoms with van der Waals surface area (Å²) in [5.74, 6) is 0.401. The molecule has 1 N–H and O–H groups in total. The predicted octanol–water partition coefficient (Wildman–Crippen LogP) is 3.79. The largest absolute Gasteiger partial charge is 0.497 e. The van der Waals surface area contributed by atoms with Crippen molar-refractivity contribution in [2.45, 2.75) is 19.1 Å². The lowest BCUT2D eigenvalue weighted by atomic mass is 9.87. The van der Waals surface area contributed by atoms with E-state index >= 15 is 0 Å². The number of carbonyl (C=O) groups excluding carboxylic acids is 1. The number of aryl methyl sites for hydroxylation is 1. The Morgan fingerprint density at radius 1 is 1.00 bits per heavy atom. The molecule has 3 aromatic rings. The molecule has 1 aliphatic heterocycles. The van der Waals surface area contributed by atoms with Gasteiger partial charge in [-0.1, -0.05) is 60.2 Å². The number of benzene rings is 3. The van der Waals surface area contributed by atoms with E-state index in [-0.39, 0.29) is 5.91 Å². The number of amides is 1. The van der Waals surface area contributed by atoms with Crippen molar-refractivity contribution in [1.29, 1.82) is 0 Å². The summed E-state index contributed by atoms with van der Waals surface area (Å²) in [7, 11) is 1.62. The highest BCUT2D eigenvalue weighted by atomic mass is 16.5. The van der Waals surface area contributed by atoms with Crippen LogP contribution in [0.15, 0.2) is 72.8 Å². The molecule has 0 unspecified atom stereocenters. The zero-order chi connectivity index (χ0) is 19.0. The Balaban J connectivity index is 1.80. The van der Waals surface area contributed by atoms with Gasteiger partial charge in [0.1, 0.15) is 5.75 Å². The van der Waals surface area contributed by atoms with Crippen LogP contribution in [-0.2, 0) is 16.9 Å². The molecule has 0 radical (unpaired) electrons. The first kappa shape index (κ1) is 17.3. The van der Waals surface area contributed by atoms with Gasteiger partial charge in [-0.3, -0.25) is 4.79 Å². The number of carbonyl (C=O) groups is 1. The van der Waals surface area contributed by atoms with Crippen molar-refractivity contribution in [2.75, 3.05) is 12.0 Å². The van der Waals surface area contributed by atoms with Gasteiger partial charge < -0.3 is 14.7 Å². The molecule has 0 saturated carbocycles. The van der Waals surface area contributed by atoms with Gasteiger partial charge in [0.25, 0.3) is 5.91 Å². The average Bonchev–Trinajstić information content (AvgIpc) is 2.91. The summed E-state index contributed by atoms with van der Waals surface area (Å²) in [5.41, 5.74) is 2.19. The van der Waals surface area contributed by atoms with Crippen LogP contribution < -0.4 is 9.64 Å². The topological polar surface area (TPSA) is 49.8 Å². The van der Waals surface area contributed by atoms with E-state index in [0.29, 0.717) is 17.7 Å². The van der Waals surface area contributed by atoms with Crippen molar-refractivity contribution in [1.82, 2.24) is 0 Å². The molecule has 0 bridgehead atoms. The number of hydrogen-bond acceptors (Lipinski definition) is 3. The van der Waals surface area contributed by atoms with Crippen LogP contribution in [0, 0.1) is 6.92 Å². The summed E-state index contributed by atoms with van der Waals surface area (Å²) in [6.07, 6.45) is 0. The zero-order valence-corrected chi connectivity index (χ0v) is 15.3. The third-order valence-corrected chi connectivity index (χ3v) is 5.05. The van der Waals surface area contributed by atoms with Crippen LogP contribution in [0.3, 0.4) is 0 Å². The van der Waals surface area contributed by atoms with Gasteiger partial charge in [-0.25, -0.2) is 0 Å². The van der Waals surface area contributed by atoms with Crippen LogP contribution in [0.2, 0.25) is 0 Å². The molecule has 4 nitrogen and oxygen atoms in total. The Kier molecular flexibility index (Phi) is 4.21. The maximum Gasteiger partial charge on any atom is 0.268 e. The summed E-state index contributed by atoms with van der Waals surface area (Å²) in [6.45, 7) is 2.31. The molecule has 136 valence electrons. The third kappa shape index (κ3) is 2.78. The number of methoxy groups -OCH3 is 1. The molecule has 0 spiro atoms. The Morgan fingerprint density at radius 2 is 1.78 bits per heavy atom. The lowest BCUT2D eigenvalue weighted by molar-refractivity contribution is -0.132. The van der Waals surface area contributed by atoms with Crippen LogP contribution in [0.5, 0.6) is 5.75 Å². The zero-order valence-electron chi connectivity index (χ0n) is 15.3. The summed E-state index contributed by atoms with van der Waals surface area (Å²) < 4.78 is 5.29. The van der Waals surface area contributed by atoms with Gasteiger partial charge in [-0.15, -0.1) is 0 Å². The fraction of sp³-hybridized carbons (Fsp3) is 0.174. The normalized spacial score (nSPS) is 18.5. The molecule has 4 rings (SSSR count). The number of aliphatic hydroxyl groups is 1. The van der Waals surface area contributed by atoms with E-state index in [1.54, 1.807) is 18.1 Å². The van der Waals surface area contributed by atoms with Crippen molar-refractivity contribution in [3.05, 3.63) is 95.1 Å². The summed E-state index contributed by atoms with van der Waals surface area (Å²) >= 11 is 0. The highest BCUT2D eigenvalue weighted by Gasteiger charge is 2.50. The van der Waals surface area contributed by atoms with E-state index in [4.69, 9.17) is 4.74 Å². The summed E-state index contributed by atoms with van der Waals surface area (Å²) in [5, 5.41) is 11.5. The molecule has 1 amide bonds. The van der Waals surface area contributed by atoms with Crippen molar-refractivity contribution in [2.24, 2.45) is 0 Å². The number of rotatable bonds is 4. The van der Waals surface area contributed by atoms with E-state index in [0.717, 1.165) is 22.6 Å². The molecule has 27 heavy (non-hydrogen) atoms. The Bertz CT molecular complexity index is 1010. The molecule has 1 atom stereocenters. The molecule has 0 saturated heterocycles. The highest BCUT2D eigenvalue weighted by Crippen LogP contribution is 2.45. The molecule has 0 aromatic heterocycles. The quantitative estimate of drug-likeness (QED) is 0.771. The monoisotopic (exact) mass is 359 g/mol. The molecule has 0 fully saturated rings. The molecule has 4 heteroatoms. The molecule has 1 heterocycles. The number of fused-ring (bicyclic) bond motifs is 1. The average molecular weight is 359 g/mol. The van der Waals surface area contributed by atoms with E-state index in [9.17, 15) is 9.90 Å². The first-order valence-corrected chi connectivity index (χ1v) is 8.88. The Labute approximate surface area is 158 Å². The van der Waals surface area contributed by atoms with Crippen LogP contribution >= 0.6 is 0 Å². The first-order valence-electron chi connectivity index (χ1n) is 8.88. The minimum absolute atomic E-state index is 0.336. The number of nitrogens with zero attached hydrogens (tertiary/aromatic N) is 1. The van der Waals surface area contributed by atoms with Crippen molar-refractivity contribution in [3.63, 3.8) is 0 Å². The number of anilines is 1. The summed E-state index contributed by atoms with van der Waals surface area (Å²) in [4.78, 5) is 15.0. The van der Waals surface area contributed by atoms with Crippen molar-refractivity contribution >= 4 is 11.6 Å². The molecular formula is C23H21NO3. The van der Waals surface area contributed by atoms with E-state index in [1.807, 2.05) is 73.7 Å². The Hall–Kier alpha value is -3.11. The maximum absolute atomic E-state index is 13.4. The van der Waals surface area contributed by atoms with Crippen molar-refractivity contribution < 1.29 is 14.6 Å². The second-order valence-electron chi connectivity index (χ2n) is 6.84. The van der Waals surface area contributed by atoms with Crippen LogP contribution in [0.4, 0.5) is 5.69 Å². The lowest BCUT2D eigenvalue weighted by Gasteiger charge is -2.24. The SMILES string of the molecule is COc1cccc(CN2C(=O)[C@](O)(c3cccc(C)c3)c3ccccc32)c1. The van der Waals surface area contributed by atoms with E-state index in [1.165, 1.54) is 0 Å². The second kappa shape index (κ2) is 6.56. The van der Waals surface area contributed by atoms with Gasteiger partial charge in [-0.05, 0) is 36.2 Å². The first-order chi connectivity index (χ1) is 13.0. The molecular weight excluding hydrogens is 338 g/mol. The maximum atomic E-state index is 13.4. The van der Waals surface area contributed by atoms with Gasteiger partial charge in [0, 0.05) is 5.56 Å². The van der Waals surface area contributed by atoms with E-state index < -0.39 is 5.60 Å². The fourth-order valence-corrected chi connectivity index (χ4v) is 3.69. The van der Waals surface area contributed by atoms with Gasteiger partial charge in [0.05, 0.1) is 19.3 Å². The second-order valence-corrected chi connectivity index (χ2v) is 6.84. The van der Waals surface area contributed by atoms with Gasteiger partial charge in [0.15, 0.2) is 5.60 Å². The lowest BCUT2D eigenvalue weighted by Crippen LogP contribution is -2.40. The smallest absolute Gasteiger partial charge is 0.268 e. The molecule has 1 aliphatic rings. The summed E-state index contributed by atoms with van der Waals surface area (Å²) in [6, 6.07) is 22.5. The standard InChI is InChI=1S/C23H21NO3/c1-16-7-5-9-18(13-16)23(26)20-11-3-4-12-21(20)24(22(23)25)15-17-8-6-10-19(14-17)27-2/h3-14,26H,15H2,1-2H3/t23-/m0/s1. The van der Waals surface area contributed by atoms with Crippen LogP contribution in [-0.4, -0.2) is 18.1 Å². The van der Waals surface area contributed by atoms with Gasteiger partial charge in [-0.2, -0.15) is 0 Å². The highest BCUT2D eigenvalue weighted by molar-refractivity contribution is 6.09. The van der Waals surface area contributed by atoms with Crippen molar-refractivity contribution in [3.8, 4) is 5.75 Å². The Morgan fingerprint density at radius 3 is 2.56 bits per heavy atom. The number of hydrogen-bond donors (Lipinski definition) is 1.